The molecule has 0 unspecified atom stereocenters. The molecule has 1 heterocycles. The predicted molar refractivity (Wildman–Crippen MR) is 51.2 cm³/mol. The zero-order valence-corrected chi connectivity index (χ0v) is 9.03. The average molecular weight is 199 g/mol. The molecule has 0 aliphatic carbocycles. The third kappa shape index (κ3) is 1.61. The van der Waals surface area contributed by atoms with Gasteiger partial charge >= 0.3 is 5.97 Å². The molecule has 0 radical (unpaired) electrons. The molecule has 1 aliphatic heterocycles. The Kier molecular flexibility index (Phi) is 2.56. The quantitative estimate of drug-likeness (QED) is 0.525. The van der Waals surface area contributed by atoms with Crippen molar-refractivity contribution < 1.29 is 14.3 Å². The predicted octanol–water partition coefficient (Wildman–Crippen LogP) is 0.695. The first-order valence-corrected chi connectivity index (χ1v) is 4.79. The van der Waals surface area contributed by atoms with Crippen molar-refractivity contribution in [2.24, 2.45) is 23.5 Å². The number of hydrogen-bond donors (Lipinski definition) is 1. The van der Waals surface area contributed by atoms with Gasteiger partial charge in [-0.1, -0.05) is 13.8 Å². The van der Waals surface area contributed by atoms with Gasteiger partial charge < -0.3 is 10.5 Å². The minimum absolute atomic E-state index is 0.132. The van der Waals surface area contributed by atoms with Crippen molar-refractivity contribution in [1.29, 1.82) is 0 Å². The van der Waals surface area contributed by atoms with E-state index in [1.807, 2.05) is 27.7 Å². The van der Waals surface area contributed by atoms with E-state index in [1.54, 1.807) is 0 Å². The van der Waals surface area contributed by atoms with Crippen LogP contribution in [0.15, 0.2) is 0 Å². The minimum atomic E-state index is -0.787. The van der Waals surface area contributed by atoms with E-state index in [0.717, 1.165) is 0 Å². The van der Waals surface area contributed by atoms with Crippen LogP contribution in [0.4, 0.5) is 0 Å². The van der Waals surface area contributed by atoms with Gasteiger partial charge in [-0.05, 0) is 19.8 Å². The highest BCUT2D eigenvalue weighted by Gasteiger charge is 2.53. The van der Waals surface area contributed by atoms with Crippen LogP contribution < -0.4 is 5.73 Å². The van der Waals surface area contributed by atoms with Crippen LogP contribution in [0, 0.1) is 17.8 Å². The van der Waals surface area contributed by atoms with E-state index in [4.69, 9.17) is 10.5 Å². The summed E-state index contributed by atoms with van der Waals surface area (Å²) >= 11 is 0. The van der Waals surface area contributed by atoms with Gasteiger partial charge in [0.1, 0.15) is 11.5 Å². The van der Waals surface area contributed by atoms with Crippen LogP contribution in [0.1, 0.15) is 27.7 Å². The van der Waals surface area contributed by atoms with Crippen molar-refractivity contribution >= 4 is 11.9 Å². The summed E-state index contributed by atoms with van der Waals surface area (Å²) in [5, 5.41) is 0. The summed E-state index contributed by atoms with van der Waals surface area (Å²) in [4.78, 5) is 22.6. The molecule has 1 rings (SSSR count). The second kappa shape index (κ2) is 3.26. The molecule has 1 saturated heterocycles. The van der Waals surface area contributed by atoms with Gasteiger partial charge in [-0.3, -0.25) is 9.59 Å². The normalized spacial score (nSPS) is 30.5. The Hall–Kier alpha value is -1.06. The second-order valence-electron chi connectivity index (χ2n) is 4.67. The van der Waals surface area contributed by atoms with Crippen molar-refractivity contribution in [3.8, 4) is 0 Å². The molecule has 1 amide bonds. The van der Waals surface area contributed by atoms with Crippen LogP contribution in [0.5, 0.6) is 0 Å². The number of primary amides is 1. The van der Waals surface area contributed by atoms with Gasteiger partial charge in [0.2, 0.25) is 5.91 Å². The first-order valence-electron chi connectivity index (χ1n) is 4.79. The highest BCUT2D eigenvalue weighted by molar-refractivity contribution is 5.99. The average Bonchev–Trinajstić information content (AvgIpc) is 2.19. The van der Waals surface area contributed by atoms with E-state index in [9.17, 15) is 9.59 Å². The molecule has 0 bridgehead atoms. The summed E-state index contributed by atoms with van der Waals surface area (Å²) in [7, 11) is 0. The lowest BCUT2D eigenvalue weighted by Crippen LogP contribution is -2.39. The van der Waals surface area contributed by atoms with Gasteiger partial charge in [-0.2, -0.15) is 0 Å². The lowest BCUT2D eigenvalue weighted by molar-refractivity contribution is -0.150. The molecule has 4 nitrogen and oxygen atoms in total. The molecule has 2 atom stereocenters. The number of carbonyl (C=O) groups excluding carboxylic acids is 2. The van der Waals surface area contributed by atoms with Crippen molar-refractivity contribution in [1.82, 2.24) is 0 Å². The molecule has 80 valence electrons. The molecular formula is C10H17NO3. The molecule has 1 aliphatic rings. The fourth-order valence-electron chi connectivity index (χ4n) is 2.42. The minimum Gasteiger partial charge on any atom is -0.459 e. The second-order valence-corrected chi connectivity index (χ2v) is 4.67. The molecule has 0 aromatic rings. The number of nitrogens with two attached hydrogens (primary N) is 1. The van der Waals surface area contributed by atoms with E-state index in [-0.39, 0.29) is 11.8 Å². The van der Waals surface area contributed by atoms with Crippen LogP contribution in [0.25, 0.3) is 0 Å². The molecule has 0 aromatic heterocycles. The summed E-state index contributed by atoms with van der Waals surface area (Å²) in [5.74, 6) is -1.80. The van der Waals surface area contributed by atoms with Crippen LogP contribution in [-0.2, 0) is 14.3 Å². The van der Waals surface area contributed by atoms with Crippen LogP contribution in [0.2, 0.25) is 0 Å². The van der Waals surface area contributed by atoms with E-state index in [2.05, 4.69) is 0 Å². The van der Waals surface area contributed by atoms with Crippen molar-refractivity contribution in [2.45, 2.75) is 33.3 Å². The largest absolute Gasteiger partial charge is 0.459 e. The van der Waals surface area contributed by atoms with Crippen molar-refractivity contribution in [3.05, 3.63) is 0 Å². The first-order chi connectivity index (χ1) is 6.27. The summed E-state index contributed by atoms with van der Waals surface area (Å²) < 4.78 is 5.16. The number of rotatable bonds is 2. The molecule has 0 saturated carbocycles. The maximum absolute atomic E-state index is 11.4. The van der Waals surface area contributed by atoms with Gasteiger partial charge in [0.05, 0.1) is 0 Å². The van der Waals surface area contributed by atoms with Crippen LogP contribution >= 0.6 is 0 Å². The van der Waals surface area contributed by atoms with Gasteiger partial charge in [-0.15, -0.1) is 0 Å². The Labute approximate surface area is 83.8 Å². The molecular weight excluding hydrogens is 182 g/mol. The molecule has 0 spiro atoms. The number of amides is 1. The van der Waals surface area contributed by atoms with Crippen molar-refractivity contribution in [2.75, 3.05) is 0 Å². The first kappa shape index (κ1) is 11.0. The summed E-state index contributed by atoms with van der Waals surface area (Å²) in [6.45, 7) is 7.56. The highest BCUT2D eigenvalue weighted by Crippen LogP contribution is 2.41. The molecule has 0 aromatic carbocycles. The smallest absolute Gasteiger partial charge is 0.319 e. The third-order valence-corrected chi connectivity index (χ3v) is 2.80. The van der Waals surface area contributed by atoms with Gasteiger partial charge in [-0.25, -0.2) is 0 Å². The Morgan fingerprint density at radius 3 is 2.29 bits per heavy atom. The fourth-order valence-corrected chi connectivity index (χ4v) is 2.42. The lowest BCUT2D eigenvalue weighted by Gasteiger charge is -2.29. The van der Waals surface area contributed by atoms with Crippen LogP contribution in [0.3, 0.4) is 0 Å². The van der Waals surface area contributed by atoms with E-state index in [0.29, 0.717) is 0 Å². The maximum Gasteiger partial charge on any atom is 0.319 e. The topological polar surface area (TPSA) is 69.4 Å². The summed E-state index contributed by atoms with van der Waals surface area (Å²) in [6, 6.07) is 0. The van der Waals surface area contributed by atoms with Gasteiger partial charge in [0, 0.05) is 5.92 Å². The SMILES string of the molecule is CC(C)[C@@H]1[C@@H](C(N)=O)C(=O)OC1(C)C. The standard InChI is InChI=1S/C10H17NO3/c1-5(2)7-6(8(11)12)9(13)14-10(7,3)4/h5-7H,1-4H3,(H2,11,12)/t6-,7+/m0/s1. The number of carbonyl (C=O) groups is 2. The molecule has 4 heteroatoms. The molecule has 1 fully saturated rings. The number of cyclic esters (lactones) is 1. The van der Waals surface area contributed by atoms with E-state index >= 15 is 0 Å². The zero-order chi connectivity index (χ0) is 11.1. The van der Waals surface area contributed by atoms with Crippen LogP contribution in [-0.4, -0.2) is 17.5 Å². The lowest BCUT2D eigenvalue weighted by atomic mass is 9.75. The Morgan fingerprint density at radius 2 is 2.00 bits per heavy atom. The summed E-state index contributed by atoms with van der Waals surface area (Å²) in [6.07, 6.45) is 0. The van der Waals surface area contributed by atoms with Crippen molar-refractivity contribution in [3.63, 3.8) is 0 Å². The Balaban J connectivity index is 3.05. The maximum atomic E-state index is 11.4. The van der Waals surface area contributed by atoms with E-state index in [1.165, 1.54) is 0 Å². The fraction of sp³-hybridized carbons (Fsp3) is 0.800. The molecule has 14 heavy (non-hydrogen) atoms. The van der Waals surface area contributed by atoms with E-state index < -0.39 is 23.4 Å². The number of ether oxygens (including phenoxy) is 1. The summed E-state index contributed by atoms with van der Waals surface area (Å²) in [5.41, 5.74) is 4.61. The third-order valence-electron chi connectivity index (χ3n) is 2.80. The monoisotopic (exact) mass is 199 g/mol. The number of esters is 1. The van der Waals surface area contributed by atoms with Gasteiger partial charge in [0.25, 0.3) is 0 Å². The molecule has 2 N–H and O–H groups in total. The highest BCUT2D eigenvalue weighted by atomic mass is 16.6. The Bertz CT molecular complexity index is 271. The zero-order valence-electron chi connectivity index (χ0n) is 9.03. The Morgan fingerprint density at radius 1 is 1.50 bits per heavy atom. The van der Waals surface area contributed by atoms with Gasteiger partial charge in [0.15, 0.2) is 0 Å². The number of hydrogen-bond acceptors (Lipinski definition) is 3.